The lowest BCUT2D eigenvalue weighted by molar-refractivity contribution is 0.119. The molecule has 0 spiro atoms. The Morgan fingerprint density at radius 3 is 2.95 bits per heavy atom. The van der Waals surface area contributed by atoms with Crippen molar-refractivity contribution in [1.82, 2.24) is 4.90 Å². The van der Waals surface area contributed by atoms with Gasteiger partial charge in [0.25, 0.3) is 0 Å². The van der Waals surface area contributed by atoms with Gasteiger partial charge in [-0.1, -0.05) is 6.92 Å². The highest BCUT2D eigenvalue weighted by atomic mass is 19.1. The summed E-state index contributed by atoms with van der Waals surface area (Å²) in [4.78, 5) is 2.29. The van der Waals surface area contributed by atoms with E-state index in [0.717, 1.165) is 37.8 Å². The van der Waals surface area contributed by atoms with Crippen LogP contribution in [0, 0.1) is 17.6 Å². The molecule has 0 aliphatic carbocycles. The van der Waals surface area contributed by atoms with Crippen molar-refractivity contribution in [2.24, 2.45) is 5.92 Å². The zero-order valence-corrected chi connectivity index (χ0v) is 11.3. The van der Waals surface area contributed by atoms with Gasteiger partial charge in [0.15, 0.2) is 0 Å². The second kappa shape index (κ2) is 6.44. The van der Waals surface area contributed by atoms with Crippen LogP contribution in [0.5, 0.6) is 0 Å². The summed E-state index contributed by atoms with van der Waals surface area (Å²) in [6, 6.07) is 3.22. The van der Waals surface area contributed by atoms with Crippen molar-refractivity contribution in [2.45, 2.75) is 32.3 Å². The number of piperidine rings is 1. The molecule has 0 radical (unpaired) electrons. The van der Waals surface area contributed by atoms with E-state index in [9.17, 15) is 13.9 Å². The Morgan fingerprint density at radius 1 is 1.42 bits per heavy atom. The van der Waals surface area contributed by atoms with E-state index in [1.54, 1.807) is 0 Å². The summed E-state index contributed by atoms with van der Waals surface area (Å²) in [7, 11) is 0. The minimum absolute atomic E-state index is 0.0602. The molecule has 1 fully saturated rings. The van der Waals surface area contributed by atoms with Crippen LogP contribution in [0.3, 0.4) is 0 Å². The zero-order valence-electron chi connectivity index (χ0n) is 11.3. The predicted octanol–water partition coefficient (Wildman–Crippen LogP) is 3.12. The first-order valence-corrected chi connectivity index (χ1v) is 6.91. The summed E-state index contributed by atoms with van der Waals surface area (Å²) in [6.07, 6.45) is 1.92. The summed E-state index contributed by atoms with van der Waals surface area (Å²) in [5.74, 6) is -0.375. The number of likely N-dealkylation sites (tertiary alicyclic amines) is 1. The molecule has 1 aliphatic heterocycles. The Kier molecular flexibility index (Phi) is 4.88. The van der Waals surface area contributed by atoms with Gasteiger partial charge >= 0.3 is 0 Å². The molecule has 2 nitrogen and oxygen atoms in total. The van der Waals surface area contributed by atoms with Crippen molar-refractivity contribution < 1.29 is 13.9 Å². The normalized spacial score (nSPS) is 22.4. The fraction of sp³-hybridized carbons (Fsp3) is 0.600. The Balaban J connectivity index is 1.90. The van der Waals surface area contributed by atoms with Crippen molar-refractivity contribution in [3.8, 4) is 0 Å². The first kappa shape index (κ1) is 14.4. The minimum Gasteiger partial charge on any atom is -0.388 e. The maximum Gasteiger partial charge on any atom is 0.129 e. The fourth-order valence-electron chi connectivity index (χ4n) is 2.72. The highest BCUT2D eigenvalue weighted by Gasteiger charge is 2.19. The Morgan fingerprint density at radius 2 is 2.21 bits per heavy atom. The van der Waals surface area contributed by atoms with Crippen molar-refractivity contribution in [2.75, 3.05) is 19.6 Å². The molecule has 2 rings (SSSR count). The van der Waals surface area contributed by atoms with Gasteiger partial charge in [0.05, 0.1) is 6.10 Å². The third kappa shape index (κ3) is 3.98. The topological polar surface area (TPSA) is 23.5 Å². The number of aliphatic hydroxyl groups is 1. The average molecular weight is 269 g/mol. The van der Waals surface area contributed by atoms with Crippen LogP contribution in [0.4, 0.5) is 8.78 Å². The number of rotatable bonds is 4. The molecule has 2 atom stereocenters. The number of hydrogen-bond acceptors (Lipinski definition) is 2. The third-order valence-electron chi connectivity index (χ3n) is 3.78. The van der Waals surface area contributed by atoms with Crippen molar-refractivity contribution in [1.29, 1.82) is 0 Å². The third-order valence-corrected chi connectivity index (χ3v) is 3.78. The lowest BCUT2D eigenvalue weighted by Crippen LogP contribution is -2.35. The SMILES string of the molecule is CC1CCCN(CCC(O)c2cc(F)ccc2F)C1. The standard InChI is InChI=1S/C15H21F2NO/c1-11-3-2-7-18(10-11)8-6-15(19)13-9-12(16)4-5-14(13)17/h4-5,9,11,15,19H,2-3,6-8,10H2,1H3. The van der Waals surface area contributed by atoms with Gasteiger partial charge in [0, 0.05) is 18.7 Å². The van der Waals surface area contributed by atoms with Crippen LogP contribution in [0.15, 0.2) is 18.2 Å². The molecule has 106 valence electrons. The fourth-order valence-corrected chi connectivity index (χ4v) is 2.72. The second-order valence-corrected chi connectivity index (χ2v) is 5.52. The Hall–Kier alpha value is -1.00. The van der Waals surface area contributed by atoms with Crippen LogP contribution < -0.4 is 0 Å². The molecule has 0 amide bonds. The molecule has 0 saturated carbocycles. The van der Waals surface area contributed by atoms with Crippen molar-refractivity contribution in [3.05, 3.63) is 35.4 Å². The van der Waals surface area contributed by atoms with Gasteiger partial charge in [-0.15, -0.1) is 0 Å². The highest BCUT2D eigenvalue weighted by molar-refractivity contribution is 5.21. The quantitative estimate of drug-likeness (QED) is 0.907. The molecular weight excluding hydrogens is 248 g/mol. The monoisotopic (exact) mass is 269 g/mol. The number of halogens is 2. The maximum atomic E-state index is 13.5. The molecule has 1 heterocycles. The van der Waals surface area contributed by atoms with E-state index in [1.165, 1.54) is 12.8 Å². The van der Waals surface area contributed by atoms with Crippen LogP contribution in [0.2, 0.25) is 0 Å². The molecule has 1 N–H and O–H groups in total. The molecule has 1 aromatic rings. The van der Waals surface area contributed by atoms with E-state index in [2.05, 4.69) is 11.8 Å². The first-order valence-electron chi connectivity index (χ1n) is 6.91. The lowest BCUT2D eigenvalue weighted by Gasteiger charge is -2.31. The molecule has 0 aromatic heterocycles. The average Bonchev–Trinajstić information content (AvgIpc) is 2.39. The van der Waals surface area contributed by atoms with Crippen LogP contribution in [0.1, 0.15) is 37.9 Å². The van der Waals surface area contributed by atoms with Gasteiger partial charge in [-0.25, -0.2) is 8.78 Å². The molecule has 19 heavy (non-hydrogen) atoms. The van der Waals surface area contributed by atoms with E-state index in [1.807, 2.05) is 0 Å². The van der Waals surface area contributed by atoms with Gasteiger partial charge < -0.3 is 10.0 Å². The summed E-state index contributed by atoms with van der Waals surface area (Å²) >= 11 is 0. The summed E-state index contributed by atoms with van der Waals surface area (Å²) in [5.41, 5.74) is 0.0602. The van der Waals surface area contributed by atoms with Crippen molar-refractivity contribution in [3.63, 3.8) is 0 Å². The van der Waals surface area contributed by atoms with E-state index < -0.39 is 17.7 Å². The number of hydrogen-bond donors (Lipinski definition) is 1. The Bertz CT molecular complexity index is 425. The van der Waals surface area contributed by atoms with Crippen LogP contribution in [-0.2, 0) is 0 Å². The predicted molar refractivity (Wildman–Crippen MR) is 70.8 cm³/mol. The maximum absolute atomic E-state index is 13.5. The molecule has 1 aliphatic rings. The molecule has 1 aromatic carbocycles. The largest absolute Gasteiger partial charge is 0.388 e. The summed E-state index contributed by atoms with van der Waals surface area (Å²) < 4.78 is 26.6. The molecule has 2 unspecified atom stereocenters. The summed E-state index contributed by atoms with van der Waals surface area (Å²) in [5, 5.41) is 9.99. The van der Waals surface area contributed by atoms with E-state index in [4.69, 9.17) is 0 Å². The van der Waals surface area contributed by atoms with Gasteiger partial charge in [0.2, 0.25) is 0 Å². The van der Waals surface area contributed by atoms with Crippen LogP contribution >= 0.6 is 0 Å². The Labute approximate surface area is 113 Å². The lowest BCUT2D eigenvalue weighted by atomic mass is 9.99. The van der Waals surface area contributed by atoms with Crippen LogP contribution in [0.25, 0.3) is 0 Å². The van der Waals surface area contributed by atoms with Crippen molar-refractivity contribution >= 4 is 0 Å². The van der Waals surface area contributed by atoms with E-state index in [0.29, 0.717) is 12.3 Å². The summed E-state index contributed by atoms with van der Waals surface area (Å²) in [6.45, 7) is 5.00. The first-order chi connectivity index (χ1) is 9.06. The van der Waals surface area contributed by atoms with Crippen LogP contribution in [-0.4, -0.2) is 29.6 Å². The molecular formula is C15H21F2NO. The van der Waals surface area contributed by atoms with Gasteiger partial charge in [-0.05, 0) is 49.9 Å². The minimum atomic E-state index is -0.937. The second-order valence-electron chi connectivity index (χ2n) is 5.52. The molecule has 1 saturated heterocycles. The smallest absolute Gasteiger partial charge is 0.129 e. The van der Waals surface area contributed by atoms with Gasteiger partial charge in [-0.3, -0.25) is 0 Å². The zero-order chi connectivity index (χ0) is 13.8. The van der Waals surface area contributed by atoms with Gasteiger partial charge in [0.1, 0.15) is 11.6 Å². The number of nitrogens with zero attached hydrogens (tertiary/aromatic N) is 1. The van der Waals surface area contributed by atoms with E-state index in [-0.39, 0.29) is 5.56 Å². The molecule has 0 bridgehead atoms. The number of benzene rings is 1. The van der Waals surface area contributed by atoms with Gasteiger partial charge in [-0.2, -0.15) is 0 Å². The van der Waals surface area contributed by atoms with E-state index >= 15 is 0 Å². The molecule has 4 heteroatoms. The highest BCUT2D eigenvalue weighted by Crippen LogP contribution is 2.23. The number of aliphatic hydroxyl groups excluding tert-OH is 1.